The molecule has 0 heterocycles. The van der Waals surface area contributed by atoms with Crippen LogP contribution in [-0.2, 0) is 4.79 Å². The van der Waals surface area contributed by atoms with Crippen molar-refractivity contribution in [3.8, 4) is 34.1 Å². The van der Waals surface area contributed by atoms with Gasteiger partial charge in [0.25, 0.3) is 0 Å². The van der Waals surface area contributed by atoms with Crippen LogP contribution in [0.3, 0.4) is 0 Å². The minimum absolute atomic E-state index is 0.366. The SMILES string of the molecule is COc1ccc(-c2cccc(OC(C)=O)c2OC)c(OC)c1. The number of esters is 1. The number of ether oxygens (including phenoxy) is 4. The first kappa shape index (κ1) is 15.7. The van der Waals surface area contributed by atoms with Crippen LogP contribution in [0.5, 0.6) is 23.0 Å². The average Bonchev–Trinajstić information content (AvgIpc) is 2.53. The Bertz CT molecular complexity index is 679. The molecule has 0 bridgehead atoms. The maximum Gasteiger partial charge on any atom is 0.308 e. The summed E-state index contributed by atoms with van der Waals surface area (Å²) < 4.78 is 21.2. The number of carbonyl (C=O) groups excluding carboxylic acids is 1. The van der Waals surface area contributed by atoms with Gasteiger partial charge in [0.15, 0.2) is 11.5 Å². The Labute approximate surface area is 129 Å². The second kappa shape index (κ2) is 6.85. The Kier molecular flexibility index (Phi) is 4.88. The largest absolute Gasteiger partial charge is 0.497 e. The van der Waals surface area contributed by atoms with E-state index in [0.717, 1.165) is 11.1 Å². The van der Waals surface area contributed by atoms with Crippen LogP contribution < -0.4 is 18.9 Å². The summed E-state index contributed by atoms with van der Waals surface area (Å²) in [6.07, 6.45) is 0. The average molecular weight is 302 g/mol. The first-order valence-electron chi connectivity index (χ1n) is 6.68. The molecule has 2 aromatic rings. The maximum atomic E-state index is 11.2. The number of benzene rings is 2. The van der Waals surface area contributed by atoms with Gasteiger partial charge in [0, 0.05) is 24.1 Å². The van der Waals surface area contributed by atoms with Gasteiger partial charge in [-0.1, -0.05) is 12.1 Å². The molecule has 0 amide bonds. The number of methoxy groups -OCH3 is 3. The molecule has 0 aliphatic carbocycles. The van der Waals surface area contributed by atoms with E-state index >= 15 is 0 Å². The predicted molar refractivity (Wildman–Crippen MR) is 82.8 cm³/mol. The molecule has 0 saturated carbocycles. The van der Waals surface area contributed by atoms with Crippen LogP contribution in [0.2, 0.25) is 0 Å². The summed E-state index contributed by atoms with van der Waals surface area (Å²) in [5.41, 5.74) is 1.58. The van der Waals surface area contributed by atoms with Gasteiger partial charge in [0.05, 0.1) is 21.3 Å². The van der Waals surface area contributed by atoms with Crippen molar-refractivity contribution in [2.75, 3.05) is 21.3 Å². The minimum Gasteiger partial charge on any atom is -0.497 e. The van der Waals surface area contributed by atoms with Crippen LogP contribution in [-0.4, -0.2) is 27.3 Å². The van der Waals surface area contributed by atoms with Crippen molar-refractivity contribution >= 4 is 5.97 Å². The van der Waals surface area contributed by atoms with Crippen molar-refractivity contribution in [3.63, 3.8) is 0 Å². The van der Waals surface area contributed by atoms with Gasteiger partial charge < -0.3 is 18.9 Å². The third kappa shape index (κ3) is 3.14. The molecule has 0 unspecified atom stereocenters. The van der Waals surface area contributed by atoms with Crippen molar-refractivity contribution in [1.29, 1.82) is 0 Å². The van der Waals surface area contributed by atoms with E-state index in [2.05, 4.69) is 0 Å². The quantitative estimate of drug-likeness (QED) is 0.626. The first-order chi connectivity index (χ1) is 10.6. The summed E-state index contributed by atoms with van der Waals surface area (Å²) in [6, 6.07) is 10.8. The molecule has 5 nitrogen and oxygen atoms in total. The van der Waals surface area contributed by atoms with Crippen molar-refractivity contribution in [1.82, 2.24) is 0 Å². The van der Waals surface area contributed by atoms with Crippen molar-refractivity contribution in [2.45, 2.75) is 6.92 Å². The molecule has 2 rings (SSSR count). The molecule has 116 valence electrons. The van der Waals surface area contributed by atoms with Gasteiger partial charge in [-0.05, 0) is 18.2 Å². The summed E-state index contributed by atoms with van der Waals surface area (Å²) in [7, 11) is 4.71. The second-order valence-corrected chi connectivity index (χ2v) is 4.50. The molecule has 0 N–H and O–H groups in total. The Morgan fingerprint density at radius 1 is 0.864 bits per heavy atom. The van der Waals surface area contributed by atoms with Crippen LogP contribution in [0.1, 0.15) is 6.92 Å². The lowest BCUT2D eigenvalue weighted by Crippen LogP contribution is -2.03. The van der Waals surface area contributed by atoms with Crippen LogP contribution in [0.15, 0.2) is 36.4 Å². The Balaban J connectivity index is 2.59. The molecule has 0 aromatic heterocycles. The Hall–Kier alpha value is -2.69. The Morgan fingerprint density at radius 3 is 2.23 bits per heavy atom. The van der Waals surface area contributed by atoms with Gasteiger partial charge in [-0.15, -0.1) is 0 Å². The lowest BCUT2D eigenvalue weighted by molar-refractivity contribution is -0.132. The summed E-state index contributed by atoms with van der Waals surface area (Å²) in [4.78, 5) is 11.2. The summed E-state index contributed by atoms with van der Waals surface area (Å²) in [6.45, 7) is 1.35. The van der Waals surface area contributed by atoms with E-state index < -0.39 is 5.97 Å². The highest BCUT2D eigenvalue weighted by Gasteiger charge is 2.17. The van der Waals surface area contributed by atoms with E-state index in [1.807, 2.05) is 18.2 Å². The molecule has 0 radical (unpaired) electrons. The van der Waals surface area contributed by atoms with Crippen LogP contribution in [0.25, 0.3) is 11.1 Å². The predicted octanol–water partition coefficient (Wildman–Crippen LogP) is 3.30. The number of hydrogen-bond acceptors (Lipinski definition) is 5. The van der Waals surface area contributed by atoms with Gasteiger partial charge in [-0.3, -0.25) is 4.79 Å². The highest BCUT2D eigenvalue weighted by atomic mass is 16.6. The van der Waals surface area contributed by atoms with E-state index in [1.165, 1.54) is 14.0 Å². The molecule has 22 heavy (non-hydrogen) atoms. The number of hydrogen-bond donors (Lipinski definition) is 0. The monoisotopic (exact) mass is 302 g/mol. The lowest BCUT2D eigenvalue weighted by Gasteiger charge is -2.15. The van der Waals surface area contributed by atoms with Crippen molar-refractivity contribution in [3.05, 3.63) is 36.4 Å². The van der Waals surface area contributed by atoms with E-state index in [1.54, 1.807) is 32.4 Å². The summed E-state index contributed by atoms with van der Waals surface area (Å²) >= 11 is 0. The first-order valence-corrected chi connectivity index (χ1v) is 6.68. The molecule has 0 spiro atoms. The number of rotatable bonds is 5. The molecular weight excluding hydrogens is 284 g/mol. The summed E-state index contributed by atoms with van der Waals surface area (Å²) in [5.74, 6) is 1.76. The summed E-state index contributed by atoms with van der Waals surface area (Å²) in [5, 5.41) is 0. The zero-order chi connectivity index (χ0) is 16.1. The van der Waals surface area contributed by atoms with Gasteiger partial charge in [0.1, 0.15) is 11.5 Å². The van der Waals surface area contributed by atoms with Gasteiger partial charge >= 0.3 is 5.97 Å². The molecule has 0 saturated heterocycles. The normalized spacial score (nSPS) is 10.0. The fourth-order valence-corrected chi connectivity index (χ4v) is 2.19. The third-order valence-electron chi connectivity index (χ3n) is 3.14. The van der Waals surface area contributed by atoms with Crippen LogP contribution in [0, 0.1) is 0 Å². The fourth-order valence-electron chi connectivity index (χ4n) is 2.19. The number of carbonyl (C=O) groups is 1. The topological polar surface area (TPSA) is 54.0 Å². The molecule has 0 aliphatic rings. The van der Waals surface area contributed by atoms with Crippen molar-refractivity contribution < 1.29 is 23.7 Å². The van der Waals surface area contributed by atoms with E-state index in [-0.39, 0.29) is 0 Å². The molecule has 0 atom stereocenters. The second-order valence-electron chi connectivity index (χ2n) is 4.50. The van der Waals surface area contributed by atoms with E-state index in [0.29, 0.717) is 23.0 Å². The Morgan fingerprint density at radius 2 is 1.64 bits per heavy atom. The third-order valence-corrected chi connectivity index (χ3v) is 3.14. The van der Waals surface area contributed by atoms with Gasteiger partial charge in [0.2, 0.25) is 0 Å². The van der Waals surface area contributed by atoms with Gasteiger partial charge in [-0.2, -0.15) is 0 Å². The van der Waals surface area contributed by atoms with Crippen LogP contribution >= 0.6 is 0 Å². The molecule has 0 fully saturated rings. The van der Waals surface area contributed by atoms with E-state index in [9.17, 15) is 4.79 Å². The molecule has 0 aliphatic heterocycles. The maximum absolute atomic E-state index is 11.2. The molecular formula is C17H18O5. The zero-order valence-corrected chi connectivity index (χ0v) is 13.0. The van der Waals surface area contributed by atoms with Gasteiger partial charge in [-0.25, -0.2) is 0 Å². The van der Waals surface area contributed by atoms with Crippen molar-refractivity contribution in [2.24, 2.45) is 0 Å². The zero-order valence-electron chi connectivity index (χ0n) is 13.0. The lowest BCUT2D eigenvalue weighted by atomic mass is 10.0. The minimum atomic E-state index is -0.405. The highest BCUT2D eigenvalue weighted by molar-refractivity contribution is 5.80. The smallest absolute Gasteiger partial charge is 0.308 e. The standard InChI is InChI=1S/C17H18O5/c1-11(18)22-15-7-5-6-14(17(15)21-4)13-9-8-12(19-2)10-16(13)20-3/h5-10H,1-4H3. The number of para-hydroxylation sites is 1. The highest BCUT2D eigenvalue weighted by Crippen LogP contribution is 2.42. The fraction of sp³-hybridized carbons (Fsp3) is 0.235. The van der Waals surface area contributed by atoms with E-state index in [4.69, 9.17) is 18.9 Å². The molecule has 2 aromatic carbocycles. The van der Waals surface area contributed by atoms with Crippen LogP contribution in [0.4, 0.5) is 0 Å². The molecule has 5 heteroatoms.